The summed E-state index contributed by atoms with van der Waals surface area (Å²) in [6.45, 7) is 1.34. The van der Waals surface area contributed by atoms with Gasteiger partial charge in [0.2, 0.25) is 0 Å². The van der Waals surface area contributed by atoms with E-state index in [0.29, 0.717) is 6.07 Å². The minimum Gasteiger partial charge on any atom is -0.258 e. The van der Waals surface area contributed by atoms with Crippen LogP contribution in [0.3, 0.4) is 0 Å². The second kappa shape index (κ2) is 3.78. The van der Waals surface area contributed by atoms with Crippen molar-refractivity contribution < 1.29 is 9.85 Å². The summed E-state index contributed by atoms with van der Waals surface area (Å²) in [7, 11) is 0. The van der Waals surface area contributed by atoms with Crippen LogP contribution in [0.4, 0.5) is 17.1 Å². The first-order chi connectivity index (χ1) is 6.97. The SMILES string of the molecule is Cc1cc([N+](=O)[O-])cc([N+](=O)[O-])c1N=O. The summed E-state index contributed by atoms with van der Waals surface area (Å²) in [5.74, 6) is 0. The zero-order valence-corrected chi connectivity index (χ0v) is 7.54. The van der Waals surface area contributed by atoms with Crippen molar-refractivity contribution in [1.29, 1.82) is 0 Å². The van der Waals surface area contributed by atoms with Gasteiger partial charge in [0.15, 0.2) is 5.69 Å². The third-order valence-corrected chi connectivity index (χ3v) is 1.76. The summed E-state index contributed by atoms with van der Waals surface area (Å²) in [4.78, 5) is 29.6. The quantitative estimate of drug-likeness (QED) is 0.431. The Balaban J connectivity index is 3.52. The van der Waals surface area contributed by atoms with E-state index in [4.69, 9.17) is 0 Å². The van der Waals surface area contributed by atoms with Crippen LogP contribution in [0, 0.1) is 32.1 Å². The van der Waals surface area contributed by atoms with Crippen molar-refractivity contribution in [2.45, 2.75) is 6.92 Å². The van der Waals surface area contributed by atoms with E-state index in [1.165, 1.54) is 6.92 Å². The fourth-order valence-electron chi connectivity index (χ4n) is 1.11. The van der Waals surface area contributed by atoms with E-state index in [9.17, 15) is 25.1 Å². The van der Waals surface area contributed by atoms with E-state index < -0.39 is 21.2 Å². The molecule has 0 fully saturated rings. The van der Waals surface area contributed by atoms with Crippen LogP contribution < -0.4 is 0 Å². The van der Waals surface area contributed by atoms with E-state index in [1.54, 1.807) is 0 Å². The molecule has 0 aliphatic rings. The number of rotatable bonds is 3. The lowest BCUT2D eigenvalue weighted by Crippen LogP contribution is -1.94. The molecule has 0 radical (unpaired) electrons. The van der Waals surface area contributed by atoms with E-state index in [2.05, 4.69) is 5.18 Å². The molecule has 0 unspecified atom stereocenters. The standard InChI is InChI=1S/C7H5N3O5/c1-4-2-5(9(12)13)3-6(10(14)15)7(4)8-11/h2-3H,1H3. The van der Waals surface area contributed by atoms with Crippen molar-refractivity contribution in [2.75, 3.05) is 0 Å². The molecule has 1 aromatic rings. The lowest BCUT2D eigenvalue weighted by atomic mass is 10.1. The Morgan fingerprint density at radius 2 is 1.80 bits per heavy atom. The van der Waals surface area contributed by atoms with E-state index >= 15 is 0 Å². The van der Waals surface area contributed by atoms with Gasteiger partial charge in [-0.15, -0.1) is 4.91 Å². The highest BCUT2D eigenvalue weighted by Gasteiger charge is 2.22. The first-order valence-electron chi connectivity index (χ1n) is 3.74. The molecule has 8 nitrogen and oxygen atoms in total. The summed E-state index contributed by atoms with van der Waals surface area (Å²) in [5.41, 5.74) is -1.38. The lowest BCUT2D eigenvalue weighted by molar-refractivity contribution is -0.393. The van der Waals surface area contributed by atoms with Crippen LogP contribution in [0.1, 0.15) is 5.56 Å². The van der Waals surface area contributed by atoms with E-state index in [0.717, 1.165) is 6.07 Å². The van der Waals surface area contributed by atoms with Crippen LogP contribution in [0.2, 0.25) is 0 Å². The number of nitro benzene ring substituents is 2. The number of non-ortho nitro benzene ring substituents is 1. The number of aryl methyl sites for hydroxylation is 1. The fourth-order valence-corrected chi connectivity index (χ4v) is 1.11. The molecule has 78 valence electrons. The molecular weight excluding hydrogens is 206 g/mol. The Bertz CT molecular complexity index is 456. The monoisotopic (exact) mass is 211 g/mol. The molecule has 0 saturated carbocycles. The van der Waals surface area contributed by atoms with Gasteiger partial charge in [-0.2, -0.15) is 0 Å². The van der Waals surface area contributed by atoms with Crippen LogP contribution in [0.15, 0.2) is 17.3 Å². The number of hydrogen-bond donors (Lipinski definition) is 0. The minimum absolute atomic E-state index is 0.103. The highest BCUT2D eigenvalue weighted by Crippen LogP contribution is 2.34. The smallest absolute Gasteiger partial charge is 0.258 e. The van der Waals surface area contributed by atoms with Crippen LogP contribution in [0.25, 0.3) is 0 Å². The van der Waals surface area contributed by atoms with Crippen molar-refractivity contribution >= 4 is 17.1 Å². The topological polar surface area (TPSA) is 116 Å². The molecule has 0 N–H and O–H groups in total. The Morgan fingerprint density at radius 3 is 2.20 bits per heavy atom. The van der Waals surface area contributed by atoms with Gasteiger partial charge in [0, 0.05) is 6.07 Å². The minimum atomic E-state index is -0.878. The van der Waals surface area contributed by atoms with Gasteiger partial charge >= 0.3 is 5.69 Å². The van der Waals surface area contributed by atoms with Gasteiger partial charge in [0.1, 0.15) is 0 Å². The maximum absolute atomic E-state index is 10.5. The predicted octanol–water partition coefficient (Wildman–Crippen LogP) is 2.21. The first kappa shape index (κ1) is 10.7. The molecule has 0 amide bonds. The Morgan fingerprint density at radius 1 is 1.20 bits per heavy atom. The Labute approximate surface area is 82.8 Å². The van der Waals surface area contributed by atoms with Gasteiger partial charge in [-0.3, -0.25) is 20.2 Å². The highest BCUT2D eigenvalue weighted by molar-refractivity contribution is 5.66. The van der Waals surface area contributed by atoms with Gasteiger partial charge in [-0.25, -0.2) is 0 Å². The van der Waals surface area contributed by atoms with Crippen molar-refractivity contribution in [3.8, 4) is 0 Å². The second-order valence-corrected chi connectivity index (χ2v) is 2.74. The summed E-state index contributed by atoms with van der Waals surface area (Å²) >= 11 is 0. The van der Waals surface area contributed by atoms with Gasteiger partial charge in [-0.05, 0) is 17.7 Å². The highest BCUT2D eigenvalue weighted by atomic mass is 16.6. The number of nitro groups is 2. The normalized spacial score (nSPS) is 9.67. The van der Waals surface area contributed by atoms with Gasteiger partial charge in [0.25, 0.3) is 5.69 Å². The predicted molar refractivity (Wildman–Crippen MR) is 49.9 cm³/mol. The summed E-state index contributed by atoms with van der Waals surface area (Å²) in [6.07, 6.45) is 0. The molecule has 1 aromatic carbocycles. The van der Waals surface area contributed by atoms with Crippen molar-refractivity contribution in [3.05, 3.63) is 42.8 Å². The van der Waals surface area contributed by atoms with Crippen LogP contribution in [0.5, 0.6) is 0 Å². The molecule has 0 bridgehead atoms. The fraction of sp³-hybridized carbons (Fsp3) is 0.143. The number of hydrogen-bond acceptors (Lipinski definition) is 6. The molecule has 15 heavy (non-hydrogen) atoms. The average Bonchev–Trinajstić information content (AvgIpc) is 2.16. The molecule has 0 aliphatic heterocycles. The van der Waals surface area contributed by atoms with E-state index in [-0.39, 0.29) is 11.3 Å². The third kappa shape index (κ3) is 1.93. The van der Waals surface area contributed by atoms with Crippen LogP contribution in [-0.4, -0.2) is 9.85 Å². The summed E-state index contributed by atoms with van der Waals surface area (Å²) < 4.78 is 0. The number of nitroso groups, excluding NO2 is 1. The molecule has 0 aromatic heterocycles. The molecule has 0 saturated heterocycles. The van der Waals surface area contributed by atoms with Crippen molar-refractivity contribution in [1.82, 2.24) is 0 Å². The molecule has 8 heteroatoms. The molecular formula is C7H5N3O5. The molecule has 1 rings (SSSR count). The zero-order valence-electron chi connectivity index (χ0n) is 7.54. The third-order valence-electron chi connectivity index (χ3n) is 1.76. The van der Waals surface area contributed by atoms with Crippen molar-refractivity contribution in [3.63, 3.8) is 0 Å². The molecule has 0 aliphatic carbocycles. The van der Waals surface area contributed by atoms with Crippen LogP contribution in [-0.2, 0) is 0 Å². The Kier molecular flexibility index (Phi) is 2.70. The zero-order chi connectivity index (χ0) is 11.6. The molecule has 0 heterocycles. The van der Waals surface area contributed by atoms with Gasteiger partial charge in [-0.1, -0.05) is 0 Å². The number of benzene rings is 1. The number of nitrogens with zero attached hydrogens (tertiary/aromatic N) is 3. The second-order valence-electron chi connectivity index (χ2n) is 2.74. The molecule has 0 atom stereocenters. The van der Waals surface area contributed by atoms with E-state index in [1.807, 2.05) is 0 Å². The maximum Gasteiger partial charge on any atom is 0.305 e. The lowest BCUT2D eigenvalue weighted by Gasteiger charge is -1.98. The van der Waals surface area contributed by atoms with Gasteiger partial charge in [0.05, 0.1) is 15.9 Å². The first-order valence-corrected chi connectivity index (χ1v) is 3.74. The summed E-state index contributed by atoms with van der Waals surface area (Å²) in [6, 6.07) is 1.77. The largest absolute Gasteiger partial charge is 0.305 e. The summed E-state index contributed by atoms with van der Waals surface area (Å²) in [5, 5.41) is 23.4. The molecule has 0 spiro atoms. The Hall–Kier alpha value is -2.38. The average molecular weight is 211 g/mol. The maximum atomic E-state index is 10.5. The van der Waals surface area contributed by atoms with Crippen molar-refractivity contribution in [2.24, 2.45) is 5.18 Å². The van der Waals surface area contributed by atoms with Crippen LogP contribution >= 0.6 is 0 Å². The van der Waals surface area contributed by atoms with Gasteiger partial charge < -0.3 is 0 Å².